The largest absolute Gasteiger partial charge is 0.370 e. The van der Waals surface area contributed by atoms with Gasteiger partial charge in [0.15, 0.2) is 11.6 Å². The van der Waals surface area contributed by atoms with Crippen LogP contribution in [0.2, 0.25) is 0 Å². The number of hydrogen-bond donors (Lipinski definition) is 1. The van der Waals surface area contributed by atoms with Crippen molar-refractivity contribution in [3.8, 4) is 0 Å². The summed E-state index contributed by atoms with van der Waals surface area (Å²) in [6, 6.07) is 0. The predicted molar refractivity (Wildman–Crippen MR) is 89.2 cm³/mol. The zero-order valence-electron chi connectivity index (χ0n) is 13.4. The Bertz CT molecular complexity index is 434. The van der Waals surface area contributed by atoms with E-state index in [4.69, 9.17) is 5.73 Å². The second-order valence-electron chi connectivity index (χ2n) is 5.12. The van der Waals surface area contributed by atoms with Crippen LogP contribution in [0.15, 0.2) is 36.5 Å². The van der Waals surface area contributed by atoms with Crippen molar-refractivity contribution in [3.63, 3.8) is 0 Å². The van der Waals surface area contributed by atoms with Crippen molar-refractivity contribution in [2.45, 2.75) is 58.3 Å². The topological polar surface area (TPSA) is 77.2 Å². The lowest BCUT2D eigenvalue weighted by Crippen LogP contribution is -2.09. The molecule has 0 aliphatic carbocycles. The van der Waals surface area contributed by atoms with Gasteiger partial charge in [-0.25, -0.2) is 0 Å². The molecule has 0 heterocycles. The van der Waals surface area contributed by atoms with Crippen LogP contribution in [0.1, 0.15) is 58.3 Å². The molecule has 0 unspecified atom stereocenters. The molecule has 0 aromatic rings. The van der Waals surface area contributed by atoms with Gasteiger partial charge in [-0.05, 0) is 25.0 Å². The summed E-state index contributed by atoms with van der Waals surface area (Å²) >= 11 is 0. The summed E-state index contributed by atoms with van der Waals surface area (Å²) in [5.74, 6) is -0.0572. The van der Waals surface area contributed by atoms with Gasteiger partial charge in [0.2, 0.25) is 5.91 Å². The minimum Gasteiger partial charge on any atom is -0.370 e. The molecule has 22 heavy (non-hydrogen) atoms. The molecule has 0 rings (SSSR count). The summed E-state index contributed by atoms with van der Waals surface area (Å²) in [5.41, 5.74) is 5.05. The van der Waals surface area contributed by atoms with Crippen LogP contribution in [0.4, 0.5) is 0 Å². The molecule has 4 heteroatoms. The van der Waals surface area contributed by atoms with Crippen molar-refractivity contribution in [3.05, 3.63) is 36.5 Å². The van der Waals surface area contributed by atoms with Crippen LogP contribution in [0, 0.1) is 0 Å². The number of ketones is 2. The maximum Gasteiger partial charge on any atom is 0.217 e. The first-order valence-electron chi connectivity index (χ1n) is 7.91. The van der Waals surface area contributed by atoms with Crippen molar-refractivity contribution in [2.75, 3.05) is 0 Å². The van der Waals surface area contributed by atoms with Crippen molar-refractivity contribution in [2.24, 2.45) is 5.73 Å². The highest BCUT2D eigenvalue weighted by Crippen LogP contribution is 2.07. The Balaban J connectivity index is 3.62. The Labute approximate surface area is 133 Å². The maximum atomic E-state index is 11.6. The van der Waals surface area contributed by atoms with Crippen LogP contribution in [0.3, 0.4) is 0 Å². The zero-order chi connectivity index (χ0) is 16.6. The molecule has 0 bridgehead atoms. The zero-order valence-corrected chi connectivity index (χ0v) is 13.4. The highest BCUT2D eigenvalue weighted by atomic mass is 16.1. The number of carbonyl (C=O) groups is 3. The molecular weight excluding hydrogens is 278 g/mol. The lowest BCUT2D eigenvalue weighted by Gasteiger charge is -1.99. The van der Waals surface area contributed by atoms with Gasteiger partial charge in [0.25, 0.3) is 0 Å². The monoisotopic (exact) mass is 305 g/mol. The first-order chi connectivity index (χ1) is 10.6. The Kier molecular flexibility index (Phi) is 12.7. The van der Waals surface area contributed by atoms with Gasteiger partial charge in [0.05, 0.1) is 0 Å². The van der Waals surface area contributed by atoms with Gasteiger partial charge in [-0.15, -0.1) is 0 Å². The standard InChI is InChI=1S/C18H27NO3/c1-2-16(20)12-8-6-7-10-14-17(21)13-9-4-3-5-11-15-18(19)22/h6-8,10,12,14H,2-5,9,11,13,15H2,1H3,(H2,19,22)/b7-6+,12-8+,14-10+. The van der Waals surface area contributed by atoms with E-state index < -0.39 is 0 Å². The van der Waals surface area contributed by atoms with Gasteiger partial charge in [-0.2, -0.15) is 0 Å². The molecule has 0 aliphatic rings. The van der Waals surface area contributed by atoms with E-state index in [2.05, 4.69) is 0 Å². The van der Waals surface area contributed by atoms with Crippen LogP contribution < -0.4 is 5.73 Å². The van der Waals surface area contributed by atoms with E-state index in [1.54, 1.807) is 30.4 Å². The molecule has 0 aromatic heterocycles. The average Bonchev–Trinajstić information content (AvgIpc) is 2.49. The van der Waals surface area contributed by atoms with Crippen molar-refractivity contribution in [1.82, 2.24) is 0 Å². The van der Waals surface area contributed by atoms with Crippen molar-refractivity contribution < 1.29 is 14.4 Å². The van der Waals surface area contributed by atoms with Crippen LogP contribution >= 0.6 is 0 Å². The maximum absolute atomic E-state index is 11.6. The average molecular weight is 305 g/mol. The van der Waals surface area contributed by atoms with Gasteiger partial charge in [-0.1, -0.05) is 50.5 Å². The Morgan fingerprint density at radius 2 is 1.23 bits per heavy atom. The normalized spacial score (nSPS) is 11.7. The minimum absolute atomic E-state index is 0.0838. The lowest BCUT2D eigenvalue weighted by atomic mass is 10.1. The molecule has 0 fully saturated rings. The molecule has 0 saturated heterocycles. The highest BCUT2D eigenvalue weighted by molar-refractivity contribution is 5.90. The van der Waals surface area contributed by atoms with E-state index in [0.717, 1.165) is 32.1 Å². The SMILES string of the molecule is CCC(=O)/C=C/C=C/C=C/C(=O)CCCCCCCC(N)=O. The van der Waals surface area contributed by atoms with Crippen molar-refractivity contribution >= 4 is 17.5 Å². The summed E-state index contributed by atoms with van der Waals surface area (Å²) < 4.78 is 0. The van der Waals surface area contributed by atoms with Crippen LogP contribution in [0.5, 0.6) is 0 Å². The van der Waals surface area contributed by atoms with Crippen molar-refractivity contribution in [1.29, 1.82) is 0 Å². The minimum atomic E-state index is -0.248. The fourth-order valence-corrected chi connectivity index (χ4v) is 1.78. The van der Waals surface area contributed by atoms with E-state index in [1.807, 2.05) is 6.92 Å². The van der Waals surface area contributed by atoms with Gasteiger partial charge >= 0.3 is 0 Å². The first-order valence-corrected chi connectivity index (χ1v) is 7.91. The smallest absolute Gasteiger partial charge is 0.217 e. The molecular formula is C18H27NO3. The summed E-state index contributed by atoms with van der Waals surface area (Å²) in [6.07, 6.45) is 16.1. The number of carbonyl (C=O) groups excluding carboxylic acids is 3. The second-order valence-corrected chi connectivity index (χ2v) is 5.12. The molecule has 0 aromatic carbocycles. The molecule has 0 atom stereocenters. The van der Waals surface area contributed by atoms with Gasteiger partial charge < -0.3 is 5.73 Å². The summed E-state index contributed by atoms with van der Waals surface area (Å²) in [4.78, 5) is 33.1. The van der Waals surface area contributed by atoms with E-state index >= 15 is 0 Å². The number of hydrogen-bond acceptors (Lipinski definition) is 3. The number of amides is 1. The van der Waals surface area contributed by atoms with Crippen LogP contribution in [-0.2, 0) is 14.4 Å². The Hall–Kier alpha value is -1.97. The third kappa shape index (κ3) is 14.4. The van der Waals surface area contributed by atoms with Gasteiger partial charge in [0, 0.05) is 19.3 Å². The molecule has 0 saturated carbocycles. The third-order valence-corrected chi connectivity index (χ3v) is 3.09. The van der Waals surface area contributed by atoms with E-state index in [1.165, 1.54) is 6.08 Å². The molecule has 122 valence electrons. The molecule has 0 aliphatic heterocycles. The molecule has 0 spiro atoms. The predicted octanol–water partition coefficient (Wildman–Crippen LogP) is 3.42. The number of rotatable bonds is 13. The van der Waals surface area contributed by atoms with E-state index in [-0.39, 0.29) is 17.5 Å². The summed E-state index contributed by atoms with van der Waals surface area (Å²) in [5, 5.41) is 0. The fraction of sp³-hybridized carbons (Fsp3) is 0.500. The first kappa shape index (κ1) is 20.0. The number of primary amides is 1. The van der Waals surface area contributed by atoms with E-state index in [0.29, 0.717) is 19.3 Å². The molecule has 4 nitrogen and oxygen atoms in total. The van der Waals surface area contributed by atoms with Gasteiger partial charge in [0.1, 0.15) is 0 Å². The summed E-state index contributed by atoms with van der Waals surface area (Å²) in [7, 11) is 0. The Morgan fingerprint density at radius 3 is 1.77 bits per heavy atom. The lowest BCUT2D eigenvalue weighted by molar-refractivity contribution is -0.118. The third-order valence-electron chi connectivity index (χ3n) is 3.09. The number of allylic oxidation sites excluding steroid dienone is 6. The van der Waals surface area contributed by atoms with Crippen LogP contribution in [0.25, 0.3) is 0 Å². The molecule has 0 radical (unpaired) electrons. The summed E-state index contributed by atoms with van der Waals surface area (Å²) in [6.45, 7) is 1.81. The van der Waals surface area contributed by atoms with Crippen LogP contribution in [-0.4, -0.2) is 17.5 Å². The fourth-order valence-electron chi connectivity index (χ4n) is 1.78. The molecule has 1 amide bonds. The second kappa shape index (κ2) is 14.0. The Morgan fingerprint density at radius 1 is 0.727 bits per heavy atom. The molecule has 2 N–H and O–H groups in total. The number of unbranched alkanes of at least 4 members (excludes halogenated alkanes) is 4. The quantitative estimate of drug-likeness (QED) is 0.322. The highest BCUT2D eigenvalue weighted by Gasteiger charge is 1.97. The number of nitrogens with two attached hydrogens (primary N) is 1. The van der Waals surface area contributed by atoms with E-state index in [9.17, 15) is 14.4 Å². The van der Waals surface area contributed by atoms with Gasteiger partial charge in [-0.3, -0.25) is 14.4 Å².